The van der Waals surface area contributed by atoms with Crippen molar-refractivity contribution in [3.63, 3.8) is 0 Å². The maximum atomic E-state index is 12.4. The van der Waals surface area contributed by atoms with Gasteiger partial charge in [-0.1, -0.05) is 0 Å². The van der Waals surface area contributed by atoms with Gasteiger partial charge in [0.2, 0.25) is 0 Å². The van der Waals surface area contributed by atoms with E-state index in [4.69, 9.17) is 10.5 Å². The Morgan fingerprint density at radius 1 is 1.39 bits per heavy atom. The number of carbonyl (C=O) groups is 2. The van der Waals surface area contributed by atoms with E-state index in [-0.39, 0.29) is 11.8 Å². The Kier molecular flexibility index (Phi) is 3.37. The van der Waals surface area contributed by atoms with Crippen LogP contribution in [0, 0.1) is 12.8 Å². The number of aryl methyl sites for hydroxylation is 2. The van der Waals surface area contributed by atoms with Crippen LogP contribution in [-0.4, -0.2) is 23.3 Å². The summed E-state index contributed by atoms with van der Waals surface area (Å²) in [6.45, 7) is 2.25. The summed E-state index contributed by atoms with van der Waals surface area (Å²) >= 11 is 1.52. The molecule has 0 aliphatic heterocycles. The van der Waals surface area contributed by atoms with Crippen LogP contribution in [0.25, 0.3) is 10.2 Å². The van der Waals surface area contributed by atoms with Crippen LogP contribution >= 0.6 is 11.3 Å². The fourth-order valence-electron chi connectivity index (χ4n) is 3.13. The van der Waals surface area contributed by atoms with E-state index in [2.05, 4.69) is 4.98 Å². The highest BCUT2D eigenvalue weighted by molar-refractivity contribution is 7.19. The van der Waals surface area contributed by atoms with E-state index >= 15 is 0 Å². The number of nitrogens with zero attached hydrogens (tertiary/aromatic N) is 1. The number of hydrogen-bond donors (Lipinski definition) is 1. The van der Waals surface area contributed by atoms with Gasteiger partial charge >= 0.3 is 5.97 Å². The number of fused-ring (bicyclic) bond motifs is 3. The molecule has 0 bridgehead atoms. The summed E-state index contributed by atoms with van der Waals surface area (Å²) in [7, 11) is 0. The number of rotatable bonds is 3. The molecule has 6 heteroatoms. The molecular weight excluding hydrogens is 312 g/mol. The predicted molar refractivity (Wildman–Crippen MR) is 88.8 cm³/mol. The number of Topliss-reactive ketones (excluding diaryl/α,β-unsaturated/α-hetero) is 1. The van der Waals surface area contributed by atoms with Crippen LogP contribution in [0.3, 0.4) is 0 Å². The summed E-state index contributed by atoms with van der Waals surface area (Å²) in [5, 5.41) is 0.849. The highest BCUT2D eigenvalue weighted by Crippen LogP contribution is 2.40. The van der Waals surface area contributed by atoms with Crippen molar-refractivity contribution in [2.75, 3.05) is 12.3 Å². The van der Waals surface area contributed by atoms with Crippen LogP contribution in [0.5, 0.6) is 0 Å². The third kappa shape index (κ3) is 2.51. The summed E-state index contributed by atoms with van der Waals surface area (Å²) in [5.74, 6) is 0.383. The Morgan fingerprint density at radius 2 is 2.17 bits per heavy atom. The molecule has 0 atom stereocenters. The van der Waals surface area contributed by atoms with E-state index in [0.717, 1.165) is 33.5 Å². The number of hydrogen-bond acceptors (Lipinski definition) is 6. The number of nitrogen functional groups attached to an aromatic ring is 1. The second-order valence-electron chi connectivity index (χ2n) is 6.43. The second kappa shape index (κ2) is 5.30. The average Bonchev–Trinajstić information content (AvgIpc) is 3.25. The number of anilines is 1. The number of ketones is 1. The Morgan fingerprint density at radius 3 is 2.91 bits per heavy atom. The van der Waals surface area contributed by atoms with Gasteiger partial charge in [0, 0.05) is 23.1 Å². The predicted octanol–water partition coefficient (Wildman–Crippen LogP) is 2.81. The molecule has 0 unspecified atom stereocenters. The average molecular weight is 330 g/mol. The molecule has 2 aliphatic carbocycles. The maximum absolute atomic E-state index is 12.4. The van der Waals surface area contributed by atoms with Crippen LogP contribution in [0.4, 0.5) is 5.69 Å². The van der Waals surface area contributed by atoms with Crippen molar-refractivity contribution in [3.8, 4) is 0 Å². The summed E-state index contributed by atoms with van der Waals surface area (Å²) in [5.41, 5.74) is 8.86. The first-order chi connectivity index (χ1) is 11.0. The Balaban J connectivity index is 1.78. The number of pyridine rings is 1. The first-order valence-electron chi connectivity index (χ1n) is 7.93. The fourth-order valence-corrected chi connectivity index (χ4v) is 4.44. The lowest BCUT2D eigenvalue weighted by Gasteiger charge is -2.13. The molecule has 0 spiro atoms. The fraction of sp³-hybridized carbons (Fsp3) is 0.471. The minimum absolute atomic E-state index is 0.253. The van der Waals surface area contributed by atoms with E-state index in [1.165, 1.54) is 11.3 Å². The highest BCUT2D eigenvalue weighted by Gasteiger charge is 2.28. The van der Waals surface area contributed by atoms with Gasteiger partial charge in [0.15, 0.2) is 0 Å². The van der Waals surface area contributed by atoms with Gasteiger partial charge in [-0.15, -0.1) is 11.3 Å². The van der Waals surface area contributed by atoms with Crippen molar-refractivity contribution >= 4 is 39.0 Å². The number of esters is 1. The van der Waals surface area contributed by atoms with Gasteiger partial charge < -0.3 is 10.5 Å². The number of carbonyl (C=O) groups excluding carboxylic acids is 2. The number of ether oxygens (including phenoxy) is 1. The third-order valence-corrected chi connectivity index (χ3v) is 5.73. The smallest absolute Gasteiger partial charge is 0.342 e. The monoisotopic (exact) mass is 330 g/mol. The van der Waals surface area contributed by atoms with Crippen molar-refractivity contribution in [2.24, 2.45) is 5.92 Å². The first kappa shape index (κ1) is 14.6. The van der Waals surface area contributed by atoms with Crippen molar-refractivity contribution in [2.45, 2.75) is 39.0 Å². The van der Waals surface area contributed by atoms with Crippen LogP contribution in [0.2, 0.25) is 0 Å². The molecule has 5 nitrogen and oxygen atoms in total. The number of thiophene rings is 1. The first-order valence-corrected chi connectivity index (χ1v) is 8.75. The van der Waals surface area contributed by atoms with Gasteiger partial charge in [-0.25, -0.2) is 9.78 Å². The Labute approximate surface area is 137 Å². The van der Waals surface area contributed by atoms with Gasteiger partial charge in [0.1, 0.15) is 16.2 Å². The van der Waals surface area contributed by atoms with Crippen LogP contribution in [-0.2, 0) is 22.4 Å². The lowest BCUT2D eigenvalue weighted by atomic mass is 9.94. The largest absolute Gasteiger partial charge is 0.462 e. The Bertz CT molecular complexity index is 836. The summed E-state index contributed by atoms with van der Waals surface area (Å²) < 4.78 is 5.39. The van der Waals surface area contributed by atoms with Gasteiger partial charge in [0.25, 0.3) is 0 Å². The zero-order valence-electron chi connectivity index (χ0n) is 13.0. The molecule has 2 N–H and O–H groups in total. The van der Waals surface area contributed by atoms with Crippen LogP contribution in [0.15, 0.2) is 0 Å². The van der Waals surface area contributed by atoms with Crippen molar-refractivity contribution in [1.29, 1.82) is 0 Å². The summed E-state index contributed by atoms with van der Waals surface area (Å²) in [4.78, 5) is 30.5. The third-order valence-electron chi connectivity index (χ3n) is 4.60. The topological polar surface area (TPSA) is 82.3 Å². The lowest BCUT2D eigenvalue weighted by molar-refractivity contribution is -0.118. The molecule has 1 saturated carbocycles. The zero-order chi connectivity index (χ0) is 16.1. The minimum atomic E-state index is -0.381. The van der Waals surface area contributed by atoms with Gasteiger partial charge in [-0.2, -0.15) is 0 Å². The second-order valence-corrected chi connectivity index (χ2v) is 7.51. The number of aromatic nitrogens is 1. The van der Waals surface area contributed by atoms with E-state index < -0.39 is 0 Å². The van der Waals surface area contributed by atoms with Gasteiger partial charge in [-0.3, -0.25) is 4.79 Å². The highest BCUT2D eigenvalue weighted by atomic mass is 32.1. The molecule has 1 fully saturated rings. The molecule has 2 heterocycles. The van der Waals surface area contributed by atoms with E-state index in [9.17, 15) is 9.59 Å². The molecule has 0 radical (unpaired) electrons. The molecule has 2 aromatic rings. The molecular formula is C17H18N2O3S. The molecule has 2 aliphatic rings. The van der Waals surface area contributed by atoms with E-state index in [1.54, 1.807) is 6.92 Å². The molecule has 0 amide bonds. The quantitative estimate of drug-likeness (QED) is 0.875. The van der Waals surface area contributed by atoms with Crippen molar-refractivity contribution in [3.05, 3.63) is 21.7 Å². The van der Waals surface area contributed by atoms with Crippen molar-refractivity contribution < 1.29 is 14.3 Å². The normalized spacial score (nSPS) is 17.3. The molecule has 4 rings (SSSR count). The van der Waals surface area contributed by atoms with Gasteiger partial charge in [0.05, 0.1) is 18.0 Å². The number of nitrogens with two attached hydrogens (primary N) is 1. The zero-order valence-corrected chi connectivity index (χ0v) is 13.8. The molecule has 2 aromatic heterocycles. The molecule has 0 saturated heterocycles. The van der Waals surface area contributed by atoms with Crippen LogP contribution in [0.1, 0.15) is 45.8 Å². The van der Waals surface area contributed by atoms with E-state index in [0.29, 0.717) is 48.7 Å². The molecule has 120 valence electrons. The standard InChI is InChI=1S/C17H18N2O3S/c1-8-13(17(21)22-7-9-2-3-9)15(18)14-11-5-4-10(20)6-12(11)23-16(14)19-8/h9H,2-7H2,1H3,(H2,18,19). The lowest BCUT2D eigenvalue weighted by Crippen LogP contribution is -2.14. The van der Waals surface area contributed by atoms with Crippen molar-refractivity contribution in [1.82, 2.24) is 4.98 Å². The maximum Gasteiger partial charge on any atom is 0.342 e. The Hall–Kier alpha value is -1.95. The van der Waals surface area contributed by atoms with E-state index in [1.807, 2.05) is 0 Å². The summed E-state index contributed by atoms with van der Waals surface area (Å²) in [6.07, 6.45) is 3.93. The summed E-state index contributed by atoms with van der Waals surface area (Å²) in [6, 6.07) is 0. The molecule has 23 heavy (non-hydrogen) atoms. The minimum Gasteiger partial charge on any atom is -0.462 e. The SMILES string of the molecule is Cc1nc2sc3c(c2c(N)c1C(=O)OCC1CC1)CCC(=O)C3. The molecule has 0 aromatic carbocycles. The van der Waals surface area contributed by atoms with Crippen LogP contribution < -0.4 is 5.73 Å². The van der Waals surface area contributed by atoms with Gasteiger partial charge in [-0.05, 0) is 37.7 Å².